The molecule has 0 N–H and O–H groups in total. The molecule has 1 aliphatic rings. The van der Waals surface area contributed by atoms with Gasteiger partial charge in [0, 0.05) is 10.3 Å². The van der Waals surface area contributed by atoms with E-state index in [0.29, 0.717) is 31.4 Å². The average molecular weight is 324 g/mol. The molecule has 0 spiro atoms. The van der Waals surface area contributed by atoms with Crippen molar-refractivity contribution in [2.24, 2.45) is 5.41 Å². The molecule has 0 bridgehead atoms. The van der Waals surface area contributed by atoms with Gasteiger partial charge in [-0.3, -0.25) is 4.79 Å². The Kier molecular flexibility index (Phi) is 4.66. The predicted molar refractivity (Wildman–Crippen MR) is 86.3 cm³/mol. The first-order chi connectivity index (χ1) is 10.2. The highest BCUT2D eigenvalue weighted by Crippen LogP contribution is 2.41. The third-order valence-corrected chi connectivity index (χ3v) is 4.87. The number of thiophene rings is 1. The standard InChI is InChI=1S/C17H24O4S/c1-6-20-15(19)17(5)8-7-11-12(10-22-13(11)9-17)14(18)21-16(2,3)4/h10H,6-9H2,1-5H3. The van der Waals surface area contributed by atoms with E-state index in [2.05, 4.69) is 0 Å². The van der Waals surface area contributed by atoms with Crippen LogP contribution in [-0.4, -0.2) is 24.1 Å². The second kappa shape index (κ2) is 6.03. The van der Waals surface area contributed by atoms with Crippen molar-refractivity contribution in [1.82, 2.24) is 0 Å². The predicted octanol–water partition coefficient (Wildman–Crippen LogP) is 3.76. The van der Waals surface area contributed by atoms with Crippen molar-refractivity contribution >= 4 is 23.3 Å². The fourth-order valence-corrected chi connectivity index (χ4v) is 3.93. The molecular formula is C17H24O4S. The Balaban J connectivity index is 2.20. The molecule has 1 atom stereocenters. The molecule has 0 fully saturated rings. The van der Waals surface area contributed by atoms with E-state index >= 15 is 0 Å². The summed E-state index contributed by atoms with van der Waals surface area (Å²) < 4.78 is 10.7. The summed E-state index contributed by atoms with van der Waals surface area (Å²) in [6.07, 6.45) is 2.04. The van der Waals surface area contributed by atoms with Crippen molar-refractivity contribution in [2.75, 3.05) is 6.61 Å². The van der Waals surface area contributed by atoms with Gasteiger partial charge >= 0.3 is 11.9 Å². The Labute approximate surface area is 135 Å². The van der Waals surface area contributed by atoms with Crippen molar-refractivity contribution in [1.29, 1.82) is 0 Å². The molecule has 4 nitrogen and oxygen atoms in total. The minimum absolute atomic E-state index is 0.145. The van der Waals surface area contributed by atoms with Gasteiger partial charge in [-0.1, -0.05) is 0 Å². The Hall–Kier alpha value is -1.36. The van der Waals surface area contributed by atoms with Gasteiger partial charge in [0.2, 0.25) is 0 Å². The summed E-state index contributed by atoms with van der Waals surface area (Å²) in [7, 11) is 0. The topological polar surface area (TPSA) is 52.6 Å². The quantitative estimate of drug-likeness (QED) is 0.794. The molecule has 1 aromatic rings. The molecule has 0 aliphatic heterocycles. The lowest BCUT2D eigenvalue weighted by atomic mass is 9.75. The Morgan fingerprint density at radius 2 is 2.05 bits per heavy atom. The molecule has 22 heavy (non-hydrogen) atoms. The van der Waals surface area contributed by atoms with Crippen LogP contribution in [-0.2, 0) is 27.1 Å². The number of esters is 2. The van der Waals surface area contributed by atoms with Crippen LogP contribution in [0.15, 0.2) is 5.38 Å². The zero-order valence-corrected chi connectivity index (χ0v) is 14.8. The van der Waals surface area contributed by atoms with Gasteiger partial charge in [0.05, 0.1) is 17.6 Å². The lowest BCUT2D eigenvalue weighted by Crippen LogP contribution is -2.35. The van der Waals surface area contributed by atoms with Gasteiger partial charge in [0.1, 0.15) is 5.60 Å². The molecule has 1 aliphatic carbocycles. The molecule has 1 aromatic heterocycles. The molecule has 122 valence electrons. The van der Waals surface area contributed by atoms with Crippen LogP contribution < -0.4 is 0 Å². The molecule has 0 saturated carbocycles. The van der Waals surface area contributed by atoms with Crippen molar-refractivity contribution in [3.63, 3.8) is 0 Å². The number of hydrogen-bond acceptors (Lipinski definition) is 5. The zero-order chi connectivity index (χ0) is 16.5. The van der Waals surface area contributed by atoms with E-state index in [1.165, 1.54) is 11.3 Å². The highest BCUT2D eigenvalue weighted by molar-refractivity contribution is 7.10. The number of ether oxygens (including phenoxy) is 2. The van der Waals surface area contributed by atoms with E-state index in [1.54, 1.807) is 0 Å². The van der Waals surface area contributed by atoms with Gasteiger partial charge in [0.25, 0.3) is 0 Å². The maximum Gasteiger partial charge on any atom is 0.339 e. The fraction of sp³-hybridized carbons (Fsp3) is 0.647. The number of carbonyl (C=O) groups is 2. The SMILES string of the molecule is CCOC(=O)C1(C)CCc2c(C(=O)OC(C)(C)C)csc2C1. The number of rotatable bonds is 3. The van der Waals surface area contributed by atoms with E-state index < -0.39 is 11.0 Å². The minimum Gasteiger partial charge on any atom is -0.466 e. The average Bonchev–Trinajstić information content (AvgIpc) is 2.79. The number of carbonyl (C=O) groups excluding carboxylic acids is 2. The summed E-state index contributed by atoms with van der Waals surface area (Å²) in [5, 5.41) is 1.86. The van der Waals surface area contributed by atoms with E-state index in [4.69, 9.17) is 9.47 Å². The monoisotopic (exact) mass is 324 g/mol. The minimum atomic E-state index is -0.500. The number of hydrogen-bond donors (Lipinski definition) is 0. The van der Waals surface area contributed by atoms with Crippen LogP contribution in [0.25, 0.3) is 0 Å². The van der Waals surface area contributed by atoms with Crippen molar-refractivity contribution in [3.8, 4) is 0 Å². The lowest BCUT2D eigenvalue weighted by Gasteiger charge is -2.31. The first-order valence-electron chi connectivity index (χ1n) is 7.66. The van der Waals surface area contributed by atoms with Crippen LogP contribution in [0, 0.1) is 5.41 Å². The number of fused-ring (bicyclic) bond motifs is 1. The van der Waals surface area contributed by atoms with Crippen LogP contribution in [0.4, 0.5) is 0 Å². The van der Waals surface area contributed by atoms with Crippen molar-refractivity contribution in [2.45, 2.75) is 59.5 Å². The molecule has 0 radical (unpaired) electrons. The van der Waals surface area contributed by atoms with Crippen molar-refractivity contribution < 1.29 is 19.1 Å². The van der Waals surface area contributed by atoms with E-state index in [0.717, 1.165) is 10.4 Å². The Morgan fingerprint density at radius 1 is 1.36 bits per heavy atom. The normalized spacial score (nSPS) is 21.1. The Morgan fingerprint density at radius 3 is 2.64 bits per heavy atom. The van der Waals surface area contributed by atoms with E-state index in [1.807, 2.05) is 40.0 Å². The van der Waals surface area contributed by atoms with Gasteiger partial charge in [-0.05, 0) is 59.4 Å². The molecule has 0 amide bonds. The summed E-state index contributed by atoms with van der Waals surface area (Å²) in [6, 6.07) is 0. The van der Waals surface area contributed by atoms with Gasteiger partial charge < -0.3 is 9.47 Å². The molecule has 1 heterocycles. The van der Waals surface area contributed by atoms with E-state index in [9.17, 15) is 9.59 Å². The molecule has 2 rings (SSSR count). The van der Waals surface area contributed by atoms with Crippen molar-refractivity contribution in [3.05, 3.63) is 21.4 Å². The highest BCUT2D eigenvalue weighted by Gasteiger charge is 2.40. The molecule has 1 unspecified atom stereocenters. The summed E-state index contributed by atoms with van der Waals surface area (Å²) in [5.41, 5.74) is 0.709. The van der Waals surface area contributed by atoms with E-state index in [-0.39, 0.29) is 11.9 Å². The Bertz CT molecular complexity index is 582. The third kappa shape index (κ3) is 3.51. The second-order valence-corrected chi connectivity index (χ2v) is 7.98. The largest absolute Gasteiger partial charge is 0.466 e. The van der Waals surface area contributed by atoms with Gasteiger partial charge in [-0.15, -0.1) is 11.3 Å². The highest BCUT2D eigenvalue weighted by atomic mass is 32.1. The second-order valence-electron chi connectivity index (χ2n) is 7.01. The van der Waals surface area contributed by atoms with Gasteiger partial charge in [-0.25, -0.2) is 4.79 Å². The molecule has 5 heteroatoms. The first kappa shape index (κ1) is 17.0. The lowest BCUT2D eigenvalue weighted by molar-refractivity contribution is -0.155. The molecule has 0 saturated heterocycles. The molecule has 0 aromatic carbocycles. The zero-order valence-electron chi connectivity index (χ0n) is 13.9. The smallest absolute Gasteiger partial charge is 0.339 e. The summed E-state index contributed by atoms with van der Waals surface area (Å²) in [6.45, 7) is 9.75. The summed E-state index contributed by atoms with van der Waals surface area (Å²) in [5.74, 6) is -0.419. The fourth-order valence-electron chi connectivity index (χ4n) is 2.67. The van der Waals surface area contributed by atoms with Crippen LogP contribution in [0.1, 0.15) is 61.8 Å². The third-order valence-electron chi connectivity index (χ3n) is 3.85. The van der Waals surface area contributed by atoms with Crippen LogP contribution >= 0.6 is 11.3 Å². The van der Waals surface area contributed by atoms with Crippen LogP contribution in [0.5, 0.6) is 0 Å². The van der Waals surface area contributed by atoms with Gasteiger partial charge in [-0.2, -0.15) is 0 Å². The summed E-state index contributed by atoms with van der Waals surface area (Å²) >= 11 is 1.54. The van der Waals surface area contributed by atoms with Crippen LogP contribution in [0.2, 0.25) is 0 Å². The van der Waals surface area contributed by atoms with Crippen LogP contribution in [0.3, 0.4) is 0 Å². The summed E-state index contributed by atoms with van der Waals surface area (Å²) in [4.78, 5) is 25.5. The maximum absolute atomic E-state index is 12.3. The maximum atomic E-state index is 12.3. The first-order valence-corrected chi connectivity index (χ1v) is 8.54. The molecular weight excluding hydrogens is 300 g/mol. The van der Waals surface area contributed by atoms with Gasteiger partial charge in [0.15, 0.2) is 0 Å².